The normalized spacial score (nSPS) is 9.91. The fourth-order valence-corrected chi connectivity index (χ4v) is 2.64. The van der Waals surface area contributed by atoms with Gasteiger partial charge in [-0.25, -0.2) is 0 Å². The van der Waals surface area contributed by atoms with Gasteiger partial charge in [-0.1, -0.05) is 73.8 Å². The molecule has 4 heteroatoms. The van der Waals surface area contributed by atoms with Crippen molar-refractivity contribution in [3.05, 3.63) is 72.8 Å². The predicted molar refractivity (Wildman–Crippen MR) is 93.7 cm³/mol. The molecule has 0 aliphatic rings. The second kappa shape index (κ2) is 7.10. The van der Waals surface area contributed by atoms with Crippen LogP contribution in [0.1, 0.15) is 11.1 Å². The highest BCUT2D eigenvalue weighted by Gasteiger charge is 2.08. The molecule has 0 saturated carbocycles. The molecule has 0 aromatic heterocycles. The lowest BCUT2D eigenvalue weighted by atomic mass is 9.92. The van der Waals surface area contributed by atoms with Crippen LogP contribution in [0.5, 0.6) is 0 Å². The van der Waals surface area contributed by atoms with E-state index in [1.54, 1.807) is 0 Å². The number of benzene rings is 3. The second-order valence-electron chi connectivity index (χ2n) is 4.58. The monoisotopic (exact) mass is 311 g/mol. The molecule has 3 aromatic carbocycles. The number of rotatable bonds is 2. The predicted octanol–water partition coefficient (Wildman–Crippen LogP) is 4.91. The summed E-state index contributed by atoms with van der Waals surface area (Å²) in [4.78, 5) is 14.2. The average molecular weight is 311 g/mol. The van der Waals surface area contributed by atoms with Crippen molar-refractivity contribution < 1.29 is 14.4 Å². The molecule has 0 spiro atoms. The minimum atomic E-state index is -2.87. The van der Waals surface area contributed by atoms with Crippen molar-refractivity contribution >= 4 is 42.0 Å². The fourth-order valence-electron chi connectivity index (χ4n) is 2.64. The molecule has 0 saturated heterocycles. The van der Waals surface area contributed by atoms with Gasteiger partial charge in [0.05, 0.1) is 0 Å². The molecule has 0 aliphatic heterocycles. The van der Waals surface area contributed by atoms with Crippen LogP contribution in [0.25, 0.3) is 33.7 Å². The summed E-state index contributed by atoms with van der Waals surface area (Å²) in [5.41, 5.74) is 2.40. The molecule has 0 fully saturated rings. The van der Waals surface area contributed by atoms with Gasteiger partial charge in [-0.3, -0.25) is 0 Å². The van der Waals surface area contributed by atoms with Crippen molar-refractivity contribution in [2.75, 3.05) is 0 Å². The molecule has 0 atom stereocenters. The third-order valence-corrected chi connectivity index (χ3v) is 3.42. The molecular formula is C18H16O3P+. The molecule has 110 valence electrons. The van der Waals surface area contributed by atoms with Crippen LogP contribution in [0.3, 0.4) is 0 Å². The number of fused-ring (bicyclic) bond motifs is 2. The van der Waals surface area contributed by atoms with Crippen molar-refractivity contribution in [2.24, 2.45) is 0 Å². The molecule has 0 heterocycles. The molecular weight excluding hydrogens is 295 g/mol. The van der Waals surface area contributed by atoms with E-state index in [9.17, 15) is 0 Å². The van der Waals surface area contributed by atoms with E-state index in [0.717, 1.165) is 0 Å². The van der Waals surface area contributed by atoms with Crippen molar-refractivity contribution in [1.82, 2.24) is 0 Å². The van der Waals surface area contributed by atoms with Crippen molar-refractivity contribution in [1.29, 1.82) is 0 Å². The van der Waals surface area contributed by atoms with Crippen molar-refractivity contribution in [2.45, 2.75) is 0 Å². The Balaban J connectivity index is 0.000000396. The summed E-state index contributed by atoms with van der Waals surface area (Å²) < 4.78 is 8.70. The minimum Gasteiger partial charge on any atom is -0.134 e. The van der Waals surface area contributed by atoms with Crippen LogP contribution in [0.15, 0.2) is 61.7 Å². The van der Waals surface area contributed by atoms with Gasteiger partial charge in [-0.05, 0) is 32.7 Å². The smallest absolute Gasteiger partial charge is 0.134 e. The van der Waals surface area contributed by atoms with E-state index < -0.39 is 8.25 Å². The molecule has 0 radical (unpaired) electrons. The first-order chi connectivity index (χ1) is 10.6. The fraction of sp³-hybridized carbons (Fsp3) is 0. The quantitative estimate of drug-likeness (QED) is 0.522. The summed E-state index contributed by atoms with van der Waals surface area (Å²) >= 11 is 0. The molecule has 3 aromatic rings. The van der Waals surface area contributed by atoms with Crippen LogP contribution in [0, 0.1) is 0 Å². The largest absolute Gasteiger partial charge is 0.692 e. The Morgan fingerprint density at radius 3 is 1.14 bits per heavy atom. The molecule has 22 heavy (non-hydrogen) atoms. The van der Waals surface area contributed by atoms with Gasteiger partial charge >= 0.3 is 8.25 Å². The van der Waals surface area contributed by atoms with Crippen LogP contribution >= 0.6 is 8.25 Å². The molecule has 0 amide bonds. The molecule has 2 N–H and O–H groups in total. The SMILES string of the molecule is C=Cc1c2ccccc2c(C=C)c2ccccc12.O=[P+](O)O. The summed E-state index contributed by atoms with van der Waals surface area (Å²) in [5, 5.41) is 4.95. The Hall–Kier alpha value is -2.32. The Morgan fingerprint density at radius 2 is 0.955 bits per heavy atom. The highest BCUT2D eigenvalue weighted by atomic mass is 31.1. The van der Waals surface area contributed by atoms with E-state index in [0.29, 0.717) is 0 Å². The van der Waals surface area contributed by atoms with Crippen LogP contribution in [-0.4, -0.2) is 9.79 Å². The van der Waals surface area contributed by atoms with E-state index in [1.165, 1.54) is 32.7 Å². The molecule has 3 nitrogen and oxygen atoms in total. The van der Waals surface area contributed by atoms with E-state index in [4.69, 9.17) is 14.4 Å². The van der Waals surface area contributed by atoms with Crippen LogP contribution < -0.4 is 0 Å². The number of hydrogen-bond acceptors (Lipinski definition) is 1. The first kappa shape index (κ1) is 16.1. The molecule has 0 aliphatic carbocycles. The summed E-state index contributed by atoms with van der Waals surface area (Å²) in [6.07, 6.45) is 3.88. The van der Waals surface area contributed by atoms with Crippen LogP contribution in [-0.2, 0) is 4.57 Å². The van der Waals surface area contributed by atoms with Gasteiger partial charge in [0, 0.05) is 4.57 Å². The first-order valence-electron chi connectivity index (χ1n) is 6.63. The van der Waals surface area contributed by atoms with Gasteiger partial charge < -0.3 is 0 Å². The second-order valence-corrected chi connectivity index (χ2v) is 5.08. The first-order valence-corrected chi connectivity index (χ1v) is 7.80. The van der Waals surface area contributed by atoms with Gasteiger partial charge in [0.2, 0.25) is 0 Å². The van der Waals surface area contributed by atoms with Crippen LogP contribution in [0.2, 0.25) is 0 Å². The van der Waals surface area contributed by atoms with E-state index >= 15 is 0 Å². The summed E-state index contributed by atoms with van der Waals surface area (Å²) in [7, 11) is -2.87. The van der Waals surface area contributed by atoms with Gasteiger partial charge in [0.25, 0.3) is 0 Å². The van der Waals surface area contributed by atoms with E-state index in [2.05, 4.69) is 61.7 Å². The van der Waals surface area contributed by atoms with Crippen LogP contribution in [0.4, 0.5) is 0 Å². The Kier molecular flexibility index (Phi) is 5.18. The molecule has 0 unspecified atom stereocenters. The highest BCUT2D eigenvalue weighted by molar-refractivity contribution is 7.30. The molecule has 3 rings (SSSR count). The highest BCUT2D eigenvalue weighted by Crippen LogP contribution is 2.33. The van der Waals surface area contributed by atoms with E-state index in [1.807, 2.05) is 12.2 Å². The zero-order chi connectivity index (χ0) is 16.1. The third-order valence-electron chi connectivity index (χ3n) is 3.42. The van der Waals surface area contributed by atoms with Crippen molar-refractivity contribution in [3.8, 4) is 0 Å². The standard InChI is InChI=1S/C18H14.HO3P/c1-3-13-15-9-5-7-11-17(15)14(4-2)18-12-8-6-10-16(13)18;1-4(2)3/h3-12H,1-2H2;(H-,1,2,3)/p+1. The lowest BCUT2D eigenvalue weighted by Gasteiger charge is -2.12. The minimum absolute atomic E-state index is 1.20. The van der Waals surface area contributed by atoms with Gasteiger partial charge in [-0.2, -0.15) is 0 Å². The summed E-state index contributed by atoms with van der Waals surface area (Å²) in [6.45, 7) is 7.92. The topological polar surface area (TPSA) is 57.5 Å². The summed E-state index contributed by atoms with van der Waals surface area (Å²) in [6, 6.07) is 16.8. The molecule has 0 bridgehead atoms. The zero-order valence-corrected chi connectivity index (χ0v) is 12.8. The van der Waals surface area contributed by atoms with Gasteiger partial charge in [-0.15, -0.1) is 9.79 Å². The zero-order valence-electron chi connectivity index (χ0n) is 11.9. The van der Waals surface area contributed by atoms with E-state index in [-0.39, 0.29) is 0 Å². The summed E-state index contributed by atoms with van der Waals surface area (Å²) in [5.74, 6) is 0. The third kappa shape index (κ3) is 3.12. The van der Waals surface area contributed by atoms with Crippen molar-refractivity contribution in [3.63, 3.8) is 0 Å². The Morgan fingerprint density at radius 1 is 0.727 bits per heavy atom. The Bertz CT molecular complexity index is 742. The van der Waals surface area contributed by atoms with Gasteiger partial charge in [0.15, 0.2) is 0 Å². The lowest BCUT2D eigenvalue weighted by Crippen LogP contribution is -1.87. The lowest BCUT2D eigenvalue weighted by molar-refractivity contribution is 0.405. The maximum absolute atomic E-state index is 8.70. The maximum atomic E-state index is 8.70. The average Bonchev–Trinajstić information content (AvgIpc) is 2.52. The maximum Gasteiger partial charge on any atom is 0.692 e. The van der Waals surface area contributed by atoms with Gasteiger partial charge in [0.1, 0.15) is 0 Å². The number of hydrogen-bond donors (Lipinski definition) is 2. The Labute approximate surface area is 129 Å².